The van der Waals surface area contributed by atoms with Crippen LogP contribution < -0.4 is 0 Å². The highest BCUT2D eigenvalue weighted by atomic mass is 16.1. The van der Waals surface area contributed by atoms with Gasteiger partial charge >= 0.3 is 0 Å². The summed E-state index contributed by atoms with van der Waals surface area (Å²) >= 11 is 0. The summed E-state index contributed by atoms with van der Waals surface area (Å²) in [6.07, 6.45) is 8.96. The van der Waals surface area contributed by atoms with Gasteiger partial charge in [0.1, 0.15) is 0 Å². The smallest absolute Gasteiger partial charge is 0.164 e. The largest absolute Gasteiger partial charge is 0.294 e. The first-order valence-electron chi connectivity index (χ1n) is 7.54. The van der Waals surface area contributed by atoms with E-state index in [1.54, 1.807) is 5.57 Å². The topological polar surface area (TPSA) is 17.1 Å². The van der Waals surface area contributed by atoms with Crippen molar-refractivity contribution >= 4 is 5.78 Å². The molecular weight excluding hydrogens is 232 g/mol. The van der Waals surface area contributed by atoms with Crippen LogP contribution in [0.25, 0.3) is 0 Å². The van der Waals surface area contributed by atoms with E-state index in [0.717, 1.165) is 30.7 Å². The Labute approximate surface area is 114 Å². The van der Waals surface area contributed by atoms with E-state index in [2.05, 4.69) is 31.2 Å². The molecule has 0 amide bonds. The van der Waals surface area contributed by atoms with Crippen LogP contribution in [0.2, 0.25) is 0 Å². The molecule has 1 heteroatoms. The summed E-state index contributed by atoms with van der Waals surface area (Å²) < 4.78 is 0. The SMILES string of the molecule is CCc1cccc2c1C(=O)CC1(CC3=CCC1C3)C2. The minimum atomic E-state index is 0.278. The minimum Gasteiger partial charge on any atom is -0.294 e. The summed E-state index contributed by atoms with van der Waals surface area (Å²) in [4.78, 5) is 12.7. The van der Waals surface area contributed by atoms with E-state index in [1.807, 2.05) is 0 Å². The van der Waals surface area contributed by atoms with Gasteiger partial charge in [0.15, 0.2) is 5.78 Å². The second kappa shape index (κ2) is 3.82. The summed E-state index contributed by atoms with van der Waals surface area (Å²) in [7, 11) is 0. The molecule has 1 nitrogen and oxygen atoms in total. The van der Waals surface area contributed by atoms with Crippen molar-refractivity contribution in [3.8, 4) is 0 Å². The zero-order chi connectivity index (χ0) is 13.0. The van der Waals surface area contributed by atoms with Crippen molar-refractivity contribution in [3.63, 3.8) is 0 Å². The standard InChI is InChI=1S/C18H20O/c1-2-13-4-3-5-14-10-18(11-16(19)17(13)14)9-12-6-7-15(18)8-12/h3-6,15H,2,7-11H2,1H3. The van der Waals surface area contributed by atoms with Crippen molar-refractivity contribution in [2.75, 3.05) is 0 Å². The number of benzene rings is 1. The molecule has 3 aliphatic rings. The fourth-order valence-corrected chi connectivity index (χ4v) is 4.72. The second-order valence-corrected chi connectivity index (χ2v) is 6.62. The molecule has 3 aliphatic carbocycles. The quantitative estimate of drug-likeness (QED) is 0.688. The third-order valence-corrected chi connectivity index (χ3v) is 5.60. The van der Waals surface area contributed by atoms with Crippen LogP contribution in [-0.4, -0.2) is 5.78 Å². The van der Waals surface area contributed by atoms with Gasteiger partial charge in [-0.25, -0.2) is 0 Å². The number of rotatable bonds is 1. The van der Waals surface area contributed by atoms with E-state index < -0.39 is 0 Å². The Kier molecular flexibility index (Phi) is 2.30. The Morgan fingerprint density at radius 3 is 2.84 bits per heavy atom. The normalized spacial score (nSPS) is 31.7. The summed E-state index contributed by atoms with van der Waals surface area (Å²) in [6.45, 7) is 2.15. The Balaban J connectivity index is 1.80. The Morgan fingerprint density at radius 2 is 2.16 bits per heavy atom. The fourth-order valence-electron chi connectivity index (χ4n) is 4.72. The third-order valence-electron chi connectivity index (χ3n) is 5.60. The number of Topliss-reactive ketones (excluding diaryl/α,β-unsaturated/α-hetero) is 1. The second-order valence-electron chi connectivity index (χ2n) is 6.62. The van der Waals surface area contributed by atoms with Crippen molar-refractivity contribution in [2.45, 2.75) is 45.4 Å². The molecule has 0 heterocycles. The highest BCUT2D eigenvalue weighted by Gasteiger charge is 2.50. The fraction of sp³-hybridized carbons (Fsp3) is 0.500. The van der Waals surface area contributed by atoms with Crippen LogP contribution in [0.5, 0.6) is 0 Å². The summed E-state index contributed by atoms with van der Waals surface area (Å²) in [5, 5.41) is 0. The molecule has 1 aromatic rings. The van der Waals surface area contributed by atoms with Gasteiger partial charge in [-0.05, 0) is 54.6 Å². The number of carbonyl (C=O) groups excluding carboxylic acids is 1. The summed E-state index contributed by atoms with van der Waals surface area (Å²) in [6, 6.07) is 6.45. The Morgan fingerprint density at radius 1 is 1.26 bits per heavy atom. The number of ketones is 1. The molecule has 1 saturated carbocycles. The van der Waals surface area contributed by atoms with Crippen LogP contribution in [0.3, 0.4) is 0 Å². The van der Waals surface area contributed by atoms with Gasteiger partial charge < -0.3 is 0 Å². The molecule has 1 fully saturated rings. The highest BCUT2D eigenvalue weighted by Crippen LogP contribution is 2.58. The number of fused-ring (bicyclic) bond motifs is 4. The highest BCUT2D eigenvalue weighted by molar-refractivity contribution is 6.00. The number of hydrogen-bond donors (Lipinski definition) is 0. The summed E-state index contributed by atoms with van der Waals surface area (Å²) in [5.74, 6) is 1.15. The zero-order valence-corrected chi connectivity index (χ0v) is 11.5. The maximum atomic E-state index is 12.7. The lowest BCUT2D eigenvalue weighted by atomic mass is 9.63. The van der Waals surface area contributed by atoms with E-state index in [-0.39, 0.29) is 5.41 Å². The van der Waals surface area contributed by atoms with E-state index in [9.17, 15) is 4.79 Å². The molecule has 2 atom stereocenters. The molecule has 0 N–H and O–H groups in total. The van der Waals surface area contributed by atoms with Crippen LogP contribution in [0, 0.1) is 11.3 Å². The molecule has 1 spiro atoms. The lowest BCUT2D eigenvalue weighted by molar-refractivity contribution is 0.0822. The maximum absolute atomic E-state index is 12.7. The first-order chi connectivity index (χ1) is 9.22. The molecular formula is C18H20O. The maximum Gasteiger partial charge on any atom is 0.164 e. The molecule has 4 rings (SSSR count). The van der Waals surface area contributed by atoms with Crippen LogP contribution in [-0.2, 0) is 12.8 Å². The molecule has 0 aromatic heterocycles. The zero-order valence-electron chi connectivity index (χ0n) is 11.5. The molecule has 98 valence electrons. The van der Waals surface area contributed by atoms with E-state index in [4.69, 9.17) is 0 Å². The van der Waals surface area contributed by atoms with Gasteiger partial charge in [-0.15, -0.1) is 0 Å². The van der Waals surface area contributed by atoms with Crippen molar-refractivity contribution < 1.29 is 4.79 Å². The van der Waals surface area contributed by atoms with Gasteiger partial charge in [0.2, 0.25) is 0 Å². The lowest BCUT2D eigenvalue weighted by Gasteiger charge is -2.40. The van der Waals surface area contributed by atoms with E-state index in [0.29, 0.717) is 5.78 Å². The Bertz CT molecular complexity index is 596. The number of aryl methyl sites for hydroxylation is 1. The monoisotopic (exact) mass is 252 g/mol. The minimum absolute atomic E-state index is 0.278. The first kappa shape index (κ1) is 11.5. The average molecular weight is 252 g/mol. The van der Waals surface area contributed by atoms with Crippen LogP contribution >= 0.6 is 0 Å². The number of hydrogen-bond acceptors (Lipinski definition) is 1. The van der Waals surface area contributed by atoms with Crippen molar-refractivity contribution in [1.29, 1.82) is 0 Å². The van der Waals surface area contributed by atoms with E-state index in [1.165, 1.54) is 30.4 Å². The van der Waals surface area contributed by atoms with Crippen molar-refractivity contribution in [1.82, 2.24) is 0 Å². The van der Waals surface area contributed by atoms with Gasteiger partial charge in [-0.3, -0.25) is 4.79 Å². The lowest BCUT2D eigenvalue weighted by Crippen LogP contribution is -2.36. The third kappa shape index (κ3) is 1.51. The predicted octanol–water partition coefficient (Wildman–Crippen LogP) is 4.10. The van der Waals surface area contributed by atoms with Gasteiger partial charge in [0, 0.05) is 12.0 Å². The molecule has 0 saturated heterocycles. The molecule has 2 bridgehead atoms. The molecule has 19 heavy (non-hydrogen) atoms. The van der Waals surface area contributed by atoms with Crippen LogP contribution in [0.4, 0.5) is 0 Å². The van der Waals surface area contributed by atoms with Gasteiger partial charge in [0.05, 0.1) is 0 Å². The van der Waals surface area contributed by atoms with Gasteiger partial charge in [0.25, 0.3) is 0 Å². The average Bonchev–Trinajstić information content (AvgIpc) is 2.98. The number of allylic oxidation sites excluding steroid dienone is 2. The molecule has 0 aliphatic heterocycles. The molecule has 2 unspecified atom stereocenters. The predicted molar refractivity (Wildman–Crippen MR) is 76.3 cm³/mol. The van der Waals surface area contributed by atoms with Crippen molar-refractivity contribution in [3.05, 3.63) is 46.5 Å². The number of carbonyl (C=O) groups is 1. The first-order valence-corrected chi connectivity index (χ1v) is 7.54. The molecule has 1 aromatic carbocycles. The molecule has 0 radical (unpaired) electrons. The van der Waals surface area contributed by atoms with Gasteiger partial charge in [-0.1, -0.05) is 36.8 Å². The van der Waals surface area contributed by atoms with E-state index >= 15 is 0 Å². The van der Waals surface area contributed by atoms with Crippen LogP contribution in [0.1, 0.15) is 54.1 Å². The van der Waals surface area contributed by atoms with Crippen LogP contribution in [0.15, 0.2) is 29.8 Å². The van der Waals surface area contributed by atoms with Crippen molar-refractivity contribution in [2.24, 2.45) is 11.3 Å². The Hall–Kier alpha value is -1.37. The summed E-state index contributed by atoms with van der Waals surface area (Å²) in [5.41, 5.74) is 5.53. The van der Waals surface area contributed by atoms with Gasteiger partial charge in [-0.2, -0.15) is 0 Å².